The number of rotatable bonds is 6. The van der Waals surface area contributed by atoms with Crippen LogP contribution >= 0.6 is 11.8 Å². The van der Waals surface area contributed by atoms with E-state index in [9.17, 15) is 19.2 Å². The first-order chi connectivity index (χ1) is 15.8. The van der Waals surface area contributed by atoms with Gasteiger partial charge in [-0.1, -0.05) is 6.07 Å². The van der Waals surface area contributed by atoms with Gasteiger partial charge in [-0.15, -0.1) is 0 Å². The maximum absolute atomic E-state index is 12.7. The van der Waals surface area contributed by atoms with Crippen LogP contribution in [0.5, 0.6) is 0 Å². The lowest BCUT2D eigenvalue weighted by atomic mass is 10.0. The van der Waals surface area contributed by atoms with Crippen molar-refractivity contribution in [2.45, 2.75) is 13.5 Å². The number of carbonyl (C=O) groups excluding carboxylic acids is 3. The van der Waals surface area contributed by atoms with Crippen LogP contribution in [-0.2, 0) is 16.1 Å². The Labute approximate surface area is 191 Å². The molecule has 2 amide bonds. The van der Waals surface area contributed by atoms with Gasteiger partial charge < -0.3 is 18.7 Å². The summed E-state index contributed by atoms with van der Waals surface area (Å²) in [6.45, 7) is 1.65. The van der Waals surface area contributed by atoms with Gasteiger partial charge in [0.05, 0.1) is 24.1 Å². The summed E-state index contributed by atoms with van der Waals surface area (Å²) in [4.78, 5) is 48.9. The predicted octanol–water partition coefficient (Wildman–Crippen LogP) is 4.57. The van der Waals surface area contributed by atoms with Gasteiger partial charge in [0.15, 0.2) is 0 Å². The number of hydrogen-bond acceptors (Lipinski definition) is 8. The van der Waals surface area contributed by atoms with E-state index in [-0.39, 0.29) is 28.5 Å². The minimum Gasteiger partial charge on any atom is -0.478 e. The van der Waals surface area contributed by atoms with Crippen molar-refractivity contribution in [1.29, 1.82) is 0 Å². The van der Waals surface area contributed by atoms with Crippen molar-refractivity contribution in [1.82, 2.24) is 4.90 Å². The Kier molecular flexibility index (Phi) is 5.93. The first kappa shape index (κ1) is 22.2. The molecule has 1 aliphatic rings. The molecule has 0 unspecified atom stereocenters. The molecule has 33 heavy (non-hydrogen) atoms. The Morgan fingerprint density at radius 2 is 1.91 bits per heavy atom. The molecule has 1 N–H and O–H groups in total. The maximum atomic E-state index is 12.7. The first-order valence-corrected chi connectivity index (χ1v) is 10.4. The van der Waals surface area contributed by atoms with Crippen LogP contribution in [0.3, 0.4) is 0 Å². The van der Waals surface area contributed by atoms with E-state index in [1.807, 2.05) is 0 Å². The van der Waals surface area contributed by atoms with Crippen molar-refractivity contribution in [2.75, 3.05) is 7.11 Å². The van der Waals surface area contributed by atoms with E-state index in [0.717, 1.165) is 22.2 Å². The highest BCUT2D eigenvalue weighted by atomic mass is 32.2. The Hall–Kier alpha value is -4.05. The van der Waals surface area contributed by atoms with Crippen LogP contribution in [-0.4, -0.2) is 40.2 Å². The molecule has 0 spiro atoms. The average molecular weight is 467 g/mol. The zero-order valence-corrected chi connectivity index (χ0v) is 18.3. The van der Waals surface area contributed by atoms with E-state index >= 15 is 0 Å². The lowest BCUT2D eigenvalue weighted by Crippen LogP contribution is -2.27. The Morgan fingerprint density at radius 1 is 1.12 bits per heavy atom. The summed E-state index contributed by atoms with van der Waals surface area (Å²) in [5.74, 6) is -1.08. The van der Waals surface area contributed by atoms with E-state index in [2.05, 4.69) is 4.74 Å². The number of esters is 1. The number of hydrogen-bond donors (Lipinski definition) is 1. The summed E-state index contributed by atoms with van der Waals surface area (Å²) in [6.07, 6.45) is 1.47. The molecule has 2 aromatic heterocycles. The third-order valence-corrected chi connectivity index (χ3v) is 5.78. The summed E-state index contributed by atoms with van der Waals surface area (Å²) in [7, 11) is 1.22. The van der Waals surface area contributed by atoms with Crippen molar-refractivity contribution in [3.05, 3.63) is 75.8 Å². The van der Waals surface area contributed by atoms with Crippen LogP contribution in [0.1, 0.15) is 38.0 Å². The molecular formula is C23H17NO8S. The lowest BCUT2D eigenvalue weighted by Gasteiger charge is -2.09. The smallest absolute Gasteiger partial charge is 0.373 e. The monoisotopic (exact) mass is 467 g/mol. The second-order valence-corrected chi connectivity index (χ2v) is 8.06. The Balaban J connectivity index is 1.51. The maximum Gasteiger partial charge on any atom is 0.373 e. The zero-order valence-electron chi connectivity index (χ0n) is 17.5. The average Bonchev–Trinajstić information content (AvgIpc) is 3.50. The second-order valence-electron chi connectivity index (χ2n) is 7.06. The highest BCUT2D eigenvalue weighted by Crippen LogP contribution is 2.35. The fraction of sp³-hybridized carbons (Fsp3) is 0.130. The van der Waals surface area contributed by atoms with Gasteiger partial charge in [0, 0.05) is 11.6 Å². The van der Waals surface area contributed by atoms with Crippen molar-refractivity contribution in [3.63, 3.8) is 0 Å². The largest absolute Gasteiger partial charge is 0.478 e. The van der Waals surface area contributed by atoms with Gasteiger partial charge in [-0.3, -0.25) is 14.5 Å². The lowest BCUT2D eigenvalue weighted by molar-refractivity contribution is -0.123. The van der Waals surface area contributed by atoms with Crippen LogP contribution in [0.2, 0.25) is 0 Å². The second kappa shape index (κ2) is 8.83. The zero-order chi connectivity index (χ0) is 23.7. The van der Waals surface area contributed by atoms with Gasteiger partial charge in [-0.05, 0) is 60.6 Å². The number of methoxy groups -OCH3 is 1. The number of amides is 2. The molecule has 0 radical (unpaired) electrons. The van der Waals surface area contributed by atoms with Crippen LogP contribution in [0.15, 0.2) is 56.2 Å². The number of carboxylic acids is 1. The molecule has 10 heteroatoms. The number of thioether (sulfide) groups is 1. The molecule has 168 valence electrons. The topological polar surface area (TPSA) is 127 Å². The summed E-state index contributed by atoms with van der Waals surface area (Å²) < 4.78 is 15.7. The quantitative estimate of drug-likeness (QED) is 0.409. The minimum atomic E-state index is -1.02. The molecule has 1 saturated heterocycles. The van der Waals surface area contributed by atoms with Gasteiger partial charge in [0.2, 0.25) is 5.76 Å². The van der Waals surface area contributed by atoms with Crippen molar-refractivity contribution in [3.8, 4) is 11.3 Å². The standard InChI is InChI=1S/C23H17NO8S/c1-12-9-13(21(26)27)3-6-16(12)17-7-4-14(31-17)10-19-20(25)24(23(29)33-19)11-15-5-8-18(32-15)22(28)30-2/h3-10H,11H2,1-2H3,(H,26,27). The summed E-state index contributed by atoms with van der Waals surface area (Å²) in [5.41, 5.74) is 1.61. The van der Waals surface area contributed by atoms with Crippen LogP contribution in [0.4, 0.5) is 4.79 Å². The molecule has 3 heterocycles. The molecule has 0 saturated carbocycles. The molecule has 0 aliphatic carbocycles. The number of benzene rings is 1. The van der Waals surface area contributed by atoms with E-state index < -0.39 is 23.1 Å². The predicted molar refractivity (Wildman–Crippen MR) is 117 cm³/mol. The van der Waals surface area contributed by atoms with Gasteiger partial charge in [0.1, 0.15) is 17.3 Å². The minimum absolute atomic E-state index is 0.0233. The Bertz CT molecular complexity index is 1320. The highest BCUT2D eigenvalue weighted by molar-refractivity contribution is 8.18. The molecular weight excluding hydrogens is 450 g/mol. The number of imide groups is 1. The third-order valence-electron chi connectivity index (χ3n) is 4.87. The Morgan fingerprint density at radius 3 is 2.61 bits per heavy atom. The van der Waals surface area contributed by atoms with E-state index in [1.165, 1.54) is 31.4 Å². The number of furan rings is 2. The molecule has 4 rings (SSSR count). The SMILES string of the molecule is COC(=O)c1ccc(CN2C(=O)SC(=Cc3ccc(-c4ccc(C(=O)O)cc4C)o3)C2=O)o1. The van der Waals surface area contributed by atoms with Crippen molar-refractivity contribution >= 4 is 40.9 Å². The number of nitrogens with zero attached hydrogens (tertiary/aromatic N) is 1. The van der Waals surface area contributed by atoms with Gasteiger partial charge in [-0.2, -0.15) is 0 Å². The fourth-order valence-corrected chi connectivity index (χ4v) is 4.06. The fourth-order valence-electron chi connectivity index (χ4n) is 3.24. The molecule has 1 aliphatic heterocycles. The summed E-state index contributed by atoms with van der Waals surface area (Å²) in [6, 6.07) is 11.0. The van der Waals surface area contributed by atoms with Crippen molar-refractivity contribution in [2.24, 2.45) is 0 Å². The summed E-state index contributed by atoms with van der Waals surface area (Å²) >= 11 is 0.767. The van der Waals surface area contributed by atoms with Crippen LogP contribution in [0.25, 0.3) is 17.4 Å². The number of aromatic carboxylic acids is 1. The first-order valence-electron chi connectivity index (χ1n) is 9.63. The number of ether oxygens (including phenoxy) is 1. The third kappa shape index (κ3) is 4.46. The molecule has 3 aromatic rings. The normalized spacial score (nSPS) is 14.8. The molecule has 1 aromatic carbocycles. The van der Waals surface area contributed by atoms with Gasteiger partial charge in [0.25, 0.3) is 11.1 Å². The molecule has 1 fully saturated rings. The van der Waals surface area contributed by atoms with E-state index in [4.69, 9.17) is 13.9 Å². The van der Waals surface area contributed by atoms with Crippen LogP contribution < -0.4 is 0 Å². The number of carboxylic acid groups (broad SMARTS) is 1. The summed E-state index contributed by atoms with van der Waals surface area (Å²) in [5, 5.41) is 8.63. The van der Waals surface area contributed by atoms with Crippen molar-refractivity contribution < 1.29 is 37.9 Å². The highest BCUT2D eigenvalue weighted by Gasteiger charge is 2.36. The van der Waals surface area contributed by atoms with Crippen LogP contribution in [0, 0.1) is 6.92 Å². The van der Waals surface area contributed by atoms with E-state index in [0.29, 0.717) is 17.1 Å². The number of aryl methyl sites for hydroxylation is 1. The van der Waals surface area contributed by atoms with E-state index in [1.54, 1.807) is 31.2 Å². The van der Waals surface area contributed by atoms with Gasteiger partial charge >= 0.3 is 11.9 Å². The number of carbonyl (C=O) groups is 4. The molecule has 0 atom stereocenters. The molecule has 9 nitrogen and oxygen atoms in total. The van der Waals surface area contributed by atoms with Gasteiger partial charge in [-0.25, -0.2) is 9.59 Å². The molecule has 0 bridgehead atoms.